The quantitative estimate of drug-likeness (QED) is 0.105. The van der Waals surface area contributed by atoms with Crippen LogP contribution in [0.25, 0.3) is 267 Å². The van der Waals surface area contributed by atoms with Crippen LogP contribution in [0.4, 0.5) is 0 Å². The number of rotatable bonds is 14. The summed E-state index contributed by atoms with van der Waals surface area (Å²) in [4.78, 5) is 31.4. The number of para-hydroxylation sites is 6. The van der Waals surface area contributed by atoms with Crippen LogP contribution in [0.3, 0.4) is 0 Å². The summed E-state index contributed by atoms with van der Waals surface area (Å²) in [6, 6.07) is 166. The van der Waals surface area contributed by atoms with Crippen molar-refractivity contribution in [2.24, 2.45) is 0 Å². The van der Waals surface area contributed by atoms with Crippen LogP contribution < -0.4 is 0 Å². The molecule has 0 atom stereocenters. The lowest BCUT2D eigenvalue weighted by atomic mass is 10.0. The van der Waals surface area contributed by atoms with E-state index in [-0.39, 0.29) is 0 Å². The van der Waals surface area contributed by atoms with Crippen LogP contribution in [0.1, 0.15) is 0 Å². The predicted molar refractivity (Wildman–Crippen MR) is 566 cm³/mol. The van der Waals surface area contributed by atoms with E-state index in [9.17, 15) is 0 Å². The van der Waals surface area contributed by atoms with Gasteiger partial charge in [-0.15, -0.1) is 0 Å². The molecule has 8 heterocycles. The lowest BCUT2D eigenvalue weighted by molar-refractivity contribution is 0.673. The van der Waals surface area contributed by atoms with Crippen LogP contribution in [0.2, 0.25) is 0 Å². The Labute approximate surface area is 791 Å². The Balaban J connectivity index is 0.000000139. The average Bonchev–Trinajstić information content (AvgIpc) is 1.54. The summed E-state index contributed by atoms with van der Waals surface area (Å²) in [5.41, 5.74) is 30.3. The molecule has 0 unspecified atom stereocenters. The predicted octanol–water partition coefficient (Wildman–Crippen LogP) is 32.6. The minimum atomic E-state index is 0.575. The molecule has 12 heteroatoms. The van der Waals surface area contributed by atoms with Crippen molar-refractivity contribution in [3.05, 3.63) is 473 Å². The average molecular weight is 1760 g/mol. The Morgan fingerprint density at radius 2 is 0.377 bits per heavy atom. The minimum absolute atomic E-state index is 0.575. The van der Waals surface area contributed by atoms with E-state index in [1.54, 1.807) is 0 Å². The molecule has 0 saturated carbocycles. The molecule has 28 aromatic rings. The van der Waals surface area contributed by atoms with Crippen LogP contribution in [0.5, 0.6) is 0 Å². The van der Waals surface area contributed by atoms with Crippen molar-refractivity contribution in [1.82, 2.24) is 48.2 Å². The number of hydrogen-bond donors (Lipinski definition) is 0. The lowest BCUT2D eigenvalue weighted by Gasteiger charge is -2.15. The fourth-order valence-electron chi connectivity index (χ4n) is 20.8. The van der Waals surface area contributed by atoms with Gasteiger partial charge in [0.1, 0.15) is 0 Å². The van der Waals surface area contributed by atoms with E-state index in [2.05, 4.69) is 443 Å². The topological polar surface area (TPSA) is 123 Å². The second-order valence-corrected chi connectivity index (χ2v) is 35.1. The van der Waals surface area contributed by atoms with Gasteiger partial charge in [-0.1, -0.05) is 370 Å². The fraction of sp³-hybridized carbons (Fsp3) is 0. The van der Waals surface area contributed by atoms with Gasteiger partial charge in [0.15, 0.2) is 57.3 Å². The molecule has 0 radical (unpaired) electrons. The first-order valence-corrected chi connectivity index (χ1v) is 46.5. The first-order valence-electron chi connectivity index (χ1n) is 46.5. The summed E-state index contributed by atoms with van der Waals surface area (Å²) in [6.45, 7) is 0. The first kappa shape index (κ1) is 79.0. The van der Waals surface area contributed by atoms with Gasteiger partial charge >= 0.3 is 0 Å². The second kappa shape index (κ2) is 32.6. The first-order chi connectivity index (χ1) is 68.5. The van der Waals surface area contributed by atoms with Gasteiger partial charge in [0, 0.05) is 109 Å². The van der Waals surface area contributed by atoms with E-state index in [1.807, 2.05) is 48.5 Å². The maximum absolute atomic E-state index is 7.44. The van der Waals surface area contributed by atoms with Gasteiger partial charge in [-0.25, -0.2) is 29.9 Å². The molecule has 0 bridgehead atoms. The molecule has 644 valence electrons. The van der Waals surface area contributed by atoms with Gasteiger partial charge in [-0.05, 0) is 148 Å². The van der Waals surface area contributed by atoms with Gasteiger partial charge in [0.05, 0.1) is 55.5 Å². The Bertz CT molecular complexity index is 9700. The molecule has 12 nitrogen and oxygen atoms in total. The smallest absolute Gasteiger partial charge is 0.166 e. The Morgan fingerprint density at radius 3 is 0.739 bits per heavy atom. The normalized spacial score (nSPS) is 11.8. The zero-order chi connectivity index (χ0) is 90.8. The zero-order valence-corrected chi connectivity index (χ0v) is 74.3. The zero-order valence-electron chi connectivity index (χ0n) is 74.3. The SMILES string of the molecule is c1ccc(-c2ccc(-c3nc(-c4ccccc4)nc(-c4ccccc4-n4c5ccccc5c5ccc6c7ccc8c9ccccc9n(-c9cccc(-c%10ccccc%10)c9)c8c7oc6c54)n3)cc2)cc1.c1ccc(-c2cccc(-c3nc(-c4ccccc4)nc(-c4ccccc4-n4c5ccccc5c5ccc6c7ccc8c9ccccc9n(-c9cccc(-c%10ccccc%10)c9)c8c7oc6c54)n3)c2)cc1. The van der Waals surface area contributed by atoms with Crippen LogP contribution >= 0.6 is 0 Å². The highest BCUT2D eigenvalue weighted by Gasteiger charge is 2.30. The third-order valence-corrected chi connectivity index (χ3v) is 27.2. The lowest BCUT2D eigenvalue weighted by Crippen LogP contribution is -2.03. The molecule has 0 fully saturated rings. The summed E-state index contributed by atoms with van der Waals surface area (Å²) < 4.78 is 24.3. The summed E-state index contributed by atoms with van der Waals surface area (Å²) in [5.74, 6) is 3.56. The molecular formula is C126H78N10O2. The van der Waals surface area contributed by atoms with Crippen LogP contribution in [-0.4, -0.2) is 48.2 Å². The molecule has 8 aromatic heterocycles. The van der Waals surface area contributed by atoms with Crippen molar-refractivity contribution in [3.63, 3.8) is 0 Å². The van der Waals surface area contributed by atoms with Crippen molar-refractivity contribution in [1.29, 1.82) is 0 Å². The van der Waals surface area contributed by atoms with Gasteiger partial charge in [-0.3, -0.25) is 0 Å². The van der Waals surface area contributed by atoms with Crippen molar-refractivity contribution in [2.75, 3.05) is 0 Å². The van der Waals surface area contributed by atoms with Crippen molar-refractivity contribution in [3.8, 4) is 136 Å². The van der Waals surface area contributed by atoms with Gasteiger partial charge in [-0.2, -0.15) is 0 Å². The summed E-state index contributed by atoms with van der Waals surface area (Å²) in [5, 5.41) is 13.3. The van der Waals surface area contributed by atoms with E-state index in [4.69, 9.17) is 38.7 Å². The van der Waals surface area contributed by atoms with E-state index < -0.39 is 0 Å². The summed E-state index contributed by atoms with van der Waals surface area (Å²) >= 11 is 0. The number of nitrogens with zero attached hydrogens (tertiary/aromatic N) is 10. The molecular weight excluding hydrogens is 1690 g/mol. The molecule has 0 saturated heterocycles. The third kappa shape index (κ3) is 13.1. The standard InChI is InChI=1S/2C63H39N5O/c1-4-18-40(19-5-1)43-24-16-26-45(38-43)62-64-61(42-22-8-3-9-23-42)65-63(66-62)53-30-12-15-33-56(53)68-55-32-14-11-29-48(55)50-35-37-52-51-36-34-49-47-28-10-13-31-54(47)67(57(49)59(51)69-60(52)58(50)68)46-27-17-25-44(39-46)41-20-6-2-7-21-41;1-4-17-40(18-5-1)42-31-33-44(34-32-42)62-64-61(43-21-8-3-9-22-43)65-63(66-62)53-27-12-15-30-56(53)68-55-29-14-11-26-48(55)50-36-38-52-51-37-35-49-47-25-10-13-28-54(47)67(57(49)59(51)69-60(52)58(50)68)46-24-16-23-45(39-46)41-19-6-2-7-20-41/h2*1-39H. The molecule has 0 aliphatic heterocycles. The molecule has 28 rings (SSSR count). The second-order valence-electron chi connectivity index (χ2n) is 35.1. The van der Waals surface area contributed by atoms with E-state index in [1.165, 1.54) is 21.9 Å². The van der Waals surface area contributed by atoms with Crippen molar-refractivity contribution >= 4 is 131 Å². The maximum atomic E-state index is 7.44. The molecule has 0 aliphatic carbocycles. The van der Waals surface area contributed by atoms with Crippen molar-refractivity contribution in [2.45, 2.75) is 0 Å². The number of hydrogen-bond acceptors (Lipinski definition) is 8. The molecule has 20 aromatic carbocycles. The van der Waals surface area contributed by atoms with Crippen LogP contribution in [0.15, 0.2) is 482 Å². The van der Waals surface area contributed by atoms with Gasteiger partial charge in [0.25, 0.3) is 0 Å². The number of aromatic nitrogens is 10. The highest BCUT2D eigenvalue weighted by molar-refractivity contribution is 6.29. The number of fused-ring (bicyclic) bond motifs is 22. The molecule has 0 spiro atoms. The van der Waals surface area contributed by atoms with E-state index in [0.29, 0.717) is 34.9 Å². The van der Waals surface area contributed by atoms with E-state index >= 15 is 0 Å². The molecule has 0 aliphatic rings. The van der Waals surface area contributed by atoms with Gasteiger partial charge in [0.2, 0.25) is 0 Å². The Hall–Kier alpha value is -18.8. The number of benzene rings is 20. The summed E-state index contributed by atoms with van der Waals surface area (Å²) in [7, 11) is 0. The Morgan fingerprint density at radius 1 is 0.145 bits per heavy atom. The largest absolute Gasteiger partial charge is 0.452 e. The molecule has 0 N–H and O–H groups in total. The highest BCUT2D eigenvalue weighted by atomic mass is 16.3. The van der Waals surface area contributed by atoms with Crippen LogP contribution in [0, 0.1) is 0 Å². The monoisotopic (exact) mass is 1760 g/mol. The van der Waals surface area contributed by atoms with E-state index in [0.717, 1.165) is 210 Å². The maximum Gasteiger partial charge on any atom is 0.166 e. The molecule has 0 amide bonds. The highest BCUT2D eigenvalue weighted by Crippen LogP contribution is 2.50. The van der Waals surface area contributed by atoms with Crippen molar-refractivity contribution < 1.29 is 8.83 Å². The minimum Gasteiger partial charge on any atom is -0.452 e. The van der Waals surface area contributed by atoms with Gasteiger partial charge < -0.3 is 27.1 Å². The Kier molecular flexibility index (Phi) is 18.7. The van der Waals surface area contributed by atoms with Crippen LogP contribution in [-0.2, 0) is 0 Å². The third-order valence-electron chi connectivity index (χ3n) is 27.2. The number of furan rings is 2. The molecule has 138 heavy (non-hydrogen) atoms. The fourth-order valence-corrected chi connectivity index (χ4v) is 20.8. The summed E-state index contributed by atoms with van der Waals surface area (Å²) in [6.07, 6.45) is 0.